The summed E-state index contributed by atoms with van der Waals surface area (Å²) in [6.45, 7) is 3.60. The zero-order valence-corrected chi connectivity index (χ0v) is 15.2. The number of thiocarbonyl (C=S) groups is 1. The molecule has 0 bridgehead atoms. The highest BCUT2D eigenvalue weighted by Gasteiger charge is 2.13. The molecule has 0 aliphatic carbocycles. The number of rotatable bonds is 3. The van der Waals surface area contributed by atoms with Crippen LogP contribution in [0, 0.1) is 5.92 Å². The maximum Gasteiger partial charge on any atom is 0.228 e. The number of anilines is 1. The molecule has 0 atom stereocenters. The molecule has 0 radical (unpaired) electrons. The van der Waals surface area contributed by atoms with Crippen LogP contribution < -0.4 is 10.6 Å². The van der Waals surface area contributed by atoms with Crippen LogP contribution in [0.1, 0.15) is 13.8 Å². The molecule has 1 amide bonds. The Balaban J connectivity index is 1.82. The minimum Gasteiger partial charge on any atom is -0.436 e. The second-order valence-electron chi connectivity index (χ2n) is 5.78. The molecular weight excluding hydrogens is 358 g/mol. The number of amides is 1. The molecule has 3 aromatic rings. The van der Waals surface area contributed by atoms with Gasteiger partial charge in [0.1, 0.15) is 5.52 Å². The highest BCUT2D eigenvalue weighted by atomic mass is 35.5. The van der Waals surface area contributed by atoms with Gasteiger partial charge in [-0.15, -0.1) is 0 Å². The Hall–Kier alpha value is -2.44. The summed E-state index contributed by atoms with van der Waals surface area (Å²) in [7, 11) is 0. The first-order chi connectivity index (χ1) is 11.9. The maximum absolute atomic E-state index is 11.7. The number of hydrogen-bond donors (Lipinski definition) is 2. The number of nitrogens with one attached hydrogen (secondary N) is 2. The number of aromatic nitrogens is 1. The molecule has 0 unspecified atom stereocenters. The Kier molecular flexibility index (Phi) is 5.01. The van der Waals surface area contributed by atoms with Crippen LogP contribution in [0.4, 0.5) is 5.69 Å². The first-order valence-corrected chi connectivity index (χ1v) is 8.50. The monoisotopic (exact) mass is 373 g/mol. The van der Waals surface area contributed by atoms with Crippen molar-refractivity contribution in [1.29, 1.82) is 0 Å². The molecule has 0 spiro atoms. The summed E-state index contributed by atoms with van der Waals surface area (Å²) in [5, 5.41) is 6.42. The normalized spacial score (nSPS) is 10.9. The number of nitrogens with zero attached hydrogens (tertiary/aromatic N) is 1. The lowest BCUT2D eigenvalue weighted by atomic mass is 10.2. The molecule has 3 rings (SSSR count). The van der Waals surface area contributed by atoms with E-state index in [9.17, 15) is 4.79 Å². The minimum absolute atomic E-state index is 0.138. The number of benzene rings is 2. The van der Waals surface area contributed by atoms with Crippen molar-refractivity contribution in [3.8, 4) is 11.5 Å². The van der Waals surface area contributed by atoms with E-state index < -0.39 is 0 Å². The van der Waals surface area contributed by atoms with Crippen LogP contribution in [-0.2, 0) is 4.79 Å². The van der Waals surface area contributed by atoms with E-state index in [4.69, 9.17) is 28.2 Å². The maximum atomic E-state index is 11.7. The van der Waals surface area contributed by atoms with Gasteiger partial charge in [-0.05, 0) is 42.5 Å². The molecule has 2 aromatic carbocycles. The summed E-state index contributed by atoms with van der Waals surface area (Å²) in [5.74, 6) is 0.172. The fourth-order valence-corrected chi connectivity index (χ4v) is 2.61. The lowest BCUT2D eigenvalue weighted by molar-refractivity contribution is -0.122. The van der Waals surface area contributed by atoms with E-state index in [0.717, 1.165) is 5.56 Å². The van der Waals surface area contributed by atoms with E-state index in [-0.39, 0.29) is 16.9 Å². The van der Waals surface area contributed by atoms with Crippen LogP contribution in [0.3, 0.4) is 0 Å². The lowest BCUT2D eigenvalue weighted by Crippen LogP contribution is -2.36. The molecule has 0 aliphatic rings. The van der Waals surface area contributed by atoms with Gasteiger partial charge in [0.05, 0.1) is 10.6 Å². The van der Waals surface area contributed by atoms with Gasteiger partial charge in [-0.3, -0.25) is 4.79 Å². The topological polar surface area (TPSA) is 67.2 Å². The fraction of sp³-hybridized carbons (Fsp3) is 0.167. The molecule has 0 saturated heterocycles. The van der Waals surface area contributed by atoms with Gasteiger partial charge in [-0.2, -0.15) is 0 Å². The minimum atomic E-state index is -0.143. The summed E-state index contributed by atoms with van der Waals surface area (Å²) in [5.41, 5.74) is 2.74. The molecule has 2 N–H and O–H groups in total. The molecule has 0 fully saturated rings. The predicted octanol–water partition coefficient (Wildman–Crippen LogP) is 4.62. The van der Waals surface area contributed by atoms with Crippen LogP contribution in [0.15, 0.2) is 46.9 Å². The lowest BCUT2D eigenvalue weighted by Gasteiger charge is -2.10. The second-order valence-corrected chi connectivity index (χ2v) is 6.59. The van der Waals surface area contributed by atoms with Crippen molar-refractivity contribution in [3.05, 3.63) is 47.5 Å². The fourth-order valence-electron chi connectivity index (χ4n) is 2.17. The van der Waals surface area contributed by atoms with Crippen molar-refractivity contribution in [2.24, 2.45) is 5.92 Å². The van der Waals surface area contributed by atoms with Gasteiger partial charge in [-0.25, -0.2) is 4.98 Å². The molecule has 1 heterocycles. The third-order valence-corrected chi connectivity index (χ3v) is 4.04. The summed E-state index contributed by atoms with van der Waals surface area (Å²) in [6, 6.07) is 12.8. The van der Waals surface area contributed by atoms with Gasteiger partial charge in [0.25, 0.3) is 0 Å². The summed E-state index contributed by atoms with van der Waals surface area (Å²) >= 11 is 11.3. The van der Waals surface area contributed by atoms with Gasteiger partial charge in [0.15, 0.2) is 10.7 Å². The highest BCUT2D eigenvalue weighted by molar-refractivity contribution is 7.80. The van der Waals surface area contributed by atoms with Gasteiger partial charge < -0.3 is 15.1 Å². The highest BCUT2D eigenvalue weighted by Crippen LogP contribution is 2.30. The SMILES string of the molecule is CC(C)C(=O)NC(=S)Nc1ccc2oc(-c3ccccc3Cl)nc2c1. The Morgan fingerprint density at radius 1 is 1.24 bits per heavy atom. The van der Waals surface area contributed by atoms with Gasteiger partial charge in [-0.1, -0.05) is 37.6 Å². The molecular formula is C18H16ClN3O2S. The Morgan fingerprint density at radius 3 is 2.72 bits per heavy atom. The van der Waals surface area contributed by atoms with Gasteiger partial charge in [0.2, 0.25) is 11.8 Å². The van der Waals surface area contributed by atoms with E-state index in [1.54, 1.807) is 38.1 Å². The number of halogens is 1. The molecule has 0 aliphatic heterocycles. The van der Waals surface area contributed by atoms with E-state index in [1.807, 2.05) is 18.2 Å². The number of fused-ring (bicyclic) bond motifs is 1. The Bertz CT molecular complexity index is 952. The third-order valence-electron chi connectivity index (χ3n) is 3.51. The zero-order chi connectivity index (χ0) is 18.0. The van der Waals surface area contributed by atoms with Crippen LogP contribution in [-0.4, -0.2) is 16.0 Å². The Labute approximate surface area is 155 Å². The standard InChI is InChI=1S/C18H16ClN3O2S/c1-10(2)16(23)22-18(25)20-11-7-8-15-14(9-11)21-17(24-15)12-5-3-4-6-13(12)19/h3-10H,1-2H3,(H2,20,22,23,25). The molecule has 128 valence electrons. The first-order valence-electron chi connectivity index (χ1n) is 7.71. The number of carbonyl (C=O) groups is 1. The van der Waals surface area contributed by atoms with Gasteiger partial charge >= 0.3 is 0 Å². The second kappa shape index (κ2) is 7.21. The summed E-state index contributed by atoms with van der Waals surface area (Å²) in [4.78, 5) is 16.1. The van der Waals surface area contributed by atoms with Crippen molar-refractivity contribution < 1.29 is 9.21 Å². The van der Waals surface area contributed by atoms with E-state index in [1.165, 1.54) is 0 Å². The van der Waals surface area contributed by atoms with Crippen molar-refractivity contribution >= 4 is 51.6 Å². The van der Waals surface area contributed by atoms with Crippen LogP contribution in [0.25, 0.3) is 22.6 Å². The third kappa shape index (κ3) is 3.97. The molecule has 1 aromatic heterocycles. The summed E-state index contributed by atoms with van der Waals surface area (Å²) in [6.07, 6.45) is 0. The molecule has 0 saturated carbocycles. The van der Waals surface area contributed by atoms with E-state index >= 15 is 0 Å². The van der Waals surface area contributed by atoms with Crippen molar-refractivity contribution in [3.63, 3.8) is 0 Å². The van der Waals surface area contributed by atoms with E-state index in [2.05, 4.69) is 15.6 Å². The van der Waals surface area contributed by atoms with Crippen LogP contribution in [0.5, 0.6) is 0 Å². The van der Waals surface area contributed by atoms with Crippen LogP contribution in [0.2, 0.25) is 5.02 Å². The predicted molar refractivity (Wildman–Crippen MR) is 104 cm³/mol. The van der Waals surface area contributed by atoms with Gasteiger partial charge in [0, 0.05) is 11.6 Å². The number of carbonyl (C=O) groups excluding carboxylic acids is 1. The van der Waals surface area contributed by atoms with Crippen molar-refractivity contribution in [2.75, 3.05) is 5.32 Å². The molecule has 25 heavy (non-hydrogen) atoms. The van der Waals surface area contributed by atoms with Crippen molar-refractivity contribution in [1.82, 2.24) is 10.3 Å². The molecule has 5 nitrogen and oxygen atoms in total. The largest absolute Gasteiger partial charge is 0.436 e. The Morgan fingerprint density at radius 2 is 2.00 bits per heavy atom. The molecule has 7 heteroatoms. The first kappa shape index (κ1) is 17.4. The number of hydrogen-bond acceptors (Lipinski definition) is 4. The smallest absolute Gasteiger partial charge is 0.228 e. The summed E-state index contributed by atoms with van der Waals surface area (Å²) < 4.78 is 5.76. The van der Waals surface area contributed by atoms with Crippen molar-refractivity contribution in [2.45, 2.75) is 13.8 Å². The average Bonchev–Trinajstić information content (AvgIpc) is 2.97. The van der Waals surface area contributed by atoms with E-state index in [0.29, 0.717) is 27.7 Å². The van der Waals surface area contributed by atoms with Crippen LogP contribution >= 0.6 is 23.8 Å². The quantitative estimate of drug-likeness (QED) is 0.656. The zero-order valence-electron chi connectivity index (χ0n) is 13.7. The number of oxazole rings is 1. The average molecular weight is 374 g/mol.